The lowest BCUT2D eigenvalue weighted by Gasteiger charge is -1.71. The topological polar surface area (TPSA) is 46.2 Å². The molecule has 2 nitrogen and oxygen atoms in total. The van der Waals surface area contributed by atoms with Gasteiger partial charge in [-0.2, -0.15) is 0 Å². The molecule has 0 spiro atoms. The molecule has 34 valence electrons. The number of halogens is 1. The molecule has 3 N–H and O–H groups in total. The Morgan fingerprint density at radius 2 is 1.80 bits per heavy atom. The number of hydrogen-bond donors (Lipinski definition) is 2. The van der Waals surface area contributed by atoms with E-state index in [1.807, 2.05) is 0 Å². The lowest BCUT2D eigenvalue weighted by atomic mass is 12.5. The van der Waals surface area contributed by atoms with Crippen molar-refractivity contribution in [2.75, 3.05) is 13.2 Å². The second-order valence-electron chi connectivity index (χ2n) is 0.512. The standard InChI is InChI=1S/C2H7NO.ClH/c3-1-2-4;/h4H,1-3H2;1H/i1+2,2+2;. The van der Waals surface area contributed by atoms with Crippen LogP contribution in [-0.4, -0.2) is 18.3 Å². The highest BCUT2D eigenvalue weighted by Crippen LogP contribution is 1.33. The van der Waals surface area contributed by atoms with Gasteiger partial charge in [-0.3, -0.25) is 0 Å². The average molecular weight is 102 g/mol. The van der Waals surface area contributed by atoms with E-state index in [0.29, 0.717) is 6.54 Å². The molecule has 0 unspecified atom stereocenters. The van der Waals surface area contributed by atoms with E-state index < -0.39 is 0 Å². The number of nitrogens with two attached hydrogens (primary N) is 1. The quantitative estimate of drug-likeness (QED) is 0.462. The Hall–Kier alpha value is 0.210. The molecule has 0 amide bonds. The van der Waals surface area contributed by atoms with Crippen LogP contribution in [0.1, 0.15) is 0 Å². The largest absolute Gasteiger partial charge is 0.395 e. The van der Waals surface area contributed by atoms with Crippen LogP contribution in [0.2, 0.25) is 0 Å². The highest BCUT2D eigenvalue weighted by molar-refractivity contribution is 5.85. The molecule has 0 fully saturated rings. The van der Waals surface area contributed by atoms with Crippen molar-refractivity contribution in [2.24, 2.45) is 5.73 Å². The Morgan fingerprint density at radius 1 is 1.60 bits per heavy atom. The summed E-state index contributed by atoms with van der Waals surface area (Å²) in [5.41, 5.74) is 4.78. The molecule has 0 saturated heterocycles. The Balaban J connectivity index is 0. The monoisotopic (exact) mass is 101 g/mol. The number of aliphatic hydroxyl groups is 1. The first-order valence-electron chi connectivity index (χ1n) is 1.22. The predicted molar refractivity (Wildman–Crippen MR) is 23.4 cm³/mol. The van der Waals surface area contributed by atoms with Crippen molar-refractivity contribution in [2.45, 2.75) is 0 Å². The molecule has 0 rings (SSSR count). The molecule has 0 aliphatic rings. The van der Waals surface area contributed by atoms with Crippen LogP contribution in [0.4, 0.5) is 0 Å². The summed E-state index contributed by atoms with van der Waals surface area (Å²) >= 11 is 0. The van der Waals surface area contributed by atoms with Crippen molar-refractivity contribution in [3.63, 3.8) is 0 Å². The van der Waals surface area contributed by atoms with Crippen LogP contribution in [0.5, 0.6) is 0 Å². The summed E-state index contributed by atoms with van der Waals surface area (Å²) in [5.74, 6) is 0. The molecule has 3 heteroatoms. The molecular weight excluding hydrogens is 93.5 g/mol. The highest BCUT2D eigenvalue weighted by atomic mass is 35.5. The van der Waals surface area contributed by atoms with Gasteiger partial charge in [0, 0.05) is 6.54 Å². The van der Waals surface area contributed by atoms with Gasteiger partial charge in [0.25, 0.3) is 0 Å². The number of aliphatic hydroxyl groups excluding tert-OH is 1. The van der Waals surface area contributed by atoms with Gasteiger partial charge < -0.3 is 10.8 Å². The molecule has 5 heavy (non-hydrogen) atoms. The van der Waals surface area contributed by atoms with Gasteiger partial charge in [-0.1, -0.05) is 0 Å². The Morgan fingerprint density at radius 3 is 1.80 bits per heavy atom. The first-order chi connectivity index (χ1) is 1.91. The van der Waals surface area contributed by atoms with Crippen molar-refractivity contribution in [3.8, 4) is 0 Å². The first kappa shape index (κ1) is 8.96. The Bertz CT molecular complexity index is 11.6. The van der Waals surface area contributed by atoms with Crippen molar-refractivity contribution < 1.29 is 5.11 Å². The van der Waals surface area contributed by atoms with Crippen molar-refractivity contribution >= 4 is 12.4 Å². The minimum Gasteiger partial charge on any atom is -0.395 e. The number of rotatable bonds is 1. The van der Waals surface area contributed by atoms with E-state index in [-0.39, 0.29) is 19.0 Å². The zero-order valence-electron chi connectivity index (χ0n) is 2.85. The summed E-state index contributed by atoms with van der Waals surface area (Å²) in [7, 11) is 0. The summed E-state index contributed by atoms with van der Waals surface area (Å²) in [5, 5.41) is 7.75. The van der Waals surface area contributed by atoms with Crippen LogP contribution in [0.25, 0.3) is 0 Å². The third kappa shape index (κ3) is 14.0. The summed E-state index contributed by atoms with van der Waals surface area (Å²) < 4.78 is 0. The second-order valence-corrected chi connectivity index (χ2v) is 0.512. The van der Waals surface area contributed by atoms with Gasteiger partial charge in [0.05, 0.1) is 6.61 Å². The summed E-state index contributed by atoms with van der Waals surface area (Å²) in [4.78, 5) is 0. The third-order valence-corrected chi connectivity index (χ3v) is 0.129. The molecule has 0 heterocycles. The molecule has 0 aromatic carbocycles. The SMILES string of the molecule is Cl.N[14CH2][14CH2]O. The van der Waals surface area contributed by atoms with Gasteiger partial charge in [-0.25, -0.2) is 0 Å². The second kappa shape index (κ2) is 8.88. The zero-order chi connectivity index (χ0) is 3.41. The molecule has 0 atom stereocenters. The number of hydrogen-bond acceptors (Lipinski definition) is 2. The fourth-order valence-corrected chi connectivity index (χ4v) is 0. The van der Waals surface area contributed by atoms with Gasteiger partial charge in [-0.05, 0) is 0 Å². The molecule has 0 bridgehead atoms. The Labute approximate surface area is 37.4 Å². The van der Waals surface area contributed by atoms with E-state index in [9.17, 15) is 0 Å². The van der Waals surface area contributed by atoms with E-state index in [1.165, 1.54) is 0 Å². The van der Waals surface area contributed by atoms with Crippen LogP contribution < -0.4 is 5.73 Å². The van der Waals surface area contributed by atoms with Crippen LogP contribution in [-0.2, 0) is 0 Å². The van der Waals surface area contributed by atoms with E-state index in [2.05, 4.69) is 0 Å². The molecule has 0 radical (unpaired) electrons. The van der Waals surface area contributed by atoms with E-state index in [0.717, 1.165) is 0 Å². The van der Waals surface area contributed by atoms with Crippen LogP contribution in [0.15, 0.2) is 0 Å². The molecule has 0 aliphatic carbocycles. The highest BCUT2D eigenvalue weighted by Gasteiger charge is 1.56. The van der Waals surface area contributed by atoms with Gasteiger partial charge in [0.15, 0.2) is 0 Å². The first-order valence-corrected chi connectivity index (χ1v) is 1.22. The smallest absolute Gasteiger partial charge is 0.0553 e. The van der Waals surface area contributed by atoms with Crippen molar-refractivity contribution in [3.05, 3.63) is 0 Å². The average Bonchev–Trinajstić information content (AvgIpc) is 1.37. The van der Waals surface area contributed by atoms with E-state index in [4.69, 9.17) is 10.8 Å². The molecular formula is C2H8ClNO. The summed E-state index contributed by atoms with van der Waals surface area (Å²) in [6, 6.07) is 0. The Kier molecular flexibility index (Phi) is 15.9. The van der Waals surface area contributed by atoms with Crippen LogP contribution >= 0.6 is 12.4 Å². The lowest BCUT2D eigenvalue weighted by molar-refractivity contribution is 0.306. The maximum atomic E-state index is 7.75. The van der Waals surface area contributed by atoms with Crippen LogP contribution in [0.3, 0.4) is 0 Å². The minimum atomic E-state index is 0. The molecule has 0 saturated carbocycles. The predicted octanol–water partition coefficient (Wildman–Crippen LogP) is -0.641. The van der Waals surface area contributed by atoms with E-state index in [1.54, 1.807) is 0 Å². The summed E-state index contributed by atoms with van der Waals surface area (Å²) in [6.45, 7) is 0.472. The lowest BCUT2D eigenvalue weighted by Crippen LogP contribution is -2.02. The van der Waals surface area contributed by atoms with Crippen molar-refractivity contribution in [1.82, 2.24) is 0 Å². The third-order valence-electron chi connectivity index (χ3n) is 0.129. The van der Waals surface area contributed by atoms with Gasteiger partial charge in [-0.15, -0.1) is 12.4 Å². The maximum Gasteiger partial charge on any atom is 0.0553 e. The zero-order valence-corrected chi connectivity index (χ0v) is 3.66. The fourth-order valence-electron chi connectivity index (χ4n) is 0. The van der Waals surface area contributed by atoms with Gasteiger partial charge >= 0.3 is 0 Å². The normalized spacial score (nSPS) is 6.00. The maximum absolute atomic E-state index is 7.75. The van der Waals surface area contributed by atoms with Gasteiger partial charge in [0.1, 0.15) is 0 Å². The minimum absolute atomic E-state index is 0. The van der Waals surface area contributed by atoms with E-state index >= 15 is 0 Å². The van der Waals surface area contributed by atoms with Crippen molar-refractivity contribution in [1.29, 1.82) is 0 Å². The molecule has 0 aromatic heterocycles. The van der Waals surface area contributed by atoms with Gasteiger partial charge in [0.2, 0.25) is 0 Å². The summed E-state index contributed by atoms with van der Waals surface area (Å²) in [6.07, 6.45) is 0. The fraction of sp³-hybridized carbons (Fsp3) is 1.00. The molecule has 0 aromatic rings. The van der Waals surface area contributed by atoms with Crippen LogP contribution in [0, 0.1) is 0 Å². The molecule has 0 aliphatic heterocycles.